The van der Waals surface area contributed by atoms with E-state index in [-0.39, 0.29) is 0 Å². The third kappa shape index (κ3) is 5.40. The number of anilines is 1. The Balaban J connectivity index is 1.62. The molecule has 0 amide bonds. The van der Waals surface area contributed by atoms with Crippen LogP contribution in [0.3, 0.4) is 0 Å². The molecule has 0 bridgehead atoms. The summed E-state index contributed by atoms with van der Waals surface area (Å²) in [5.41, 5.74) is 5.90. The number of nitrogens with two attached hydrogens (primary N) is 1. The number of methoxy groups -OCH3 is 1. The smallest absolute Gasteiger partial charge is 0.190 e. The monoisotopic (exact) mass is 329 g/mol. The van der Waals surface area contributed by atoms with Crippen LogP contribution in [0.25, 0.3) is 10.2 Å². The van der Waals surface area contributed by atoms with E-state index in [0.717, 1.165) is 16.0 Å². The highest BCUT2D eigenvalue weighted by molar-refractivity contribution is 7.99. The molecule has 0 aromatic carbocycles. The second kappa shape index (κ2) is 9.16. The van der Waals surface area contributed by atoms with Crippen molar-refractivity contribution in [2.45, 2.75) is 5.16 Å². The van der Waals surface area contributed by atoms with Gasteiger partial charge in [0, 0.05) is 12.9 Å². The number of fused-ring (bicyclic) bond motifs is 1. The van der Waals surface area contributed by atoms with Gasteiger partial charge < -0.3 is 19.9 Å². The lowest BCUT2D eigenvalue weighted by Gasteiger charge is -2.05. The second-order valence-corrected chi connectivity index (χ2v) is 6.05. The first-order valence-corrected chi connectivity index (χ1v) is 8.45. The van der Waals surface area contributed by atoms with Gasteiger partial charge in [0.15, 0.2) is 5.16 Å². The highest BCUT2D eigenvalue weighted by Crippen LogP contribution is 2.25. The van der Waals surface area contributed by atoms with Crippen LogP contribution < -0.4 is 5.73 Å². The fourth-order valence-corrected chi connectivity index (χ4v) is 3.11. The van der Waals surface area contributed by atoms with Crippen molar-refractivity contribution in [2.75, 3.05) is 51.6 Å². The summed E-state index contributed by atoms with van der Waals surface area (Å²) in [5, 5.41) is 3.59. The number of aromatic nitrogens is 2. The van der Waals surface area contributed by atoms with Crippen LogP contribution in [-0.2, 0) is 14.2 Å². The normalized spacial score (nSPS) is 11.3. The fraction of sp³-hybridized carbons (Fsp3) is 0.538. The van der Waals surface area contributed by atoms with E-state index in [9.17, 15) is 0 Å². The maximum atomic E-state index is 5.90. The van der Waals surface area contributed by atoms with Gasteiger partial charge in [0.2, 0.25) is 0 Å². The standard InChI is InChI=1S/C13H19N3O3S2/c1-17-3-4-18-5-6-19-7-9-21-13-15-11(14)10-2-8-20-12(10)16-13/h2,8H,3-7,9H2,1H3,(H2,14,15,16). The third-order valence-electron chi connectivity index (χ3n) is 2.60. The molecule has 0 aliphatic rings. The number of ether oxygens (including phenoxy) is 3. The molecule has 0 atom stereocenters. The van der Waals surface area contributed by atoms with Gasteiger partial charge in [-0.25, -0.2) is 9.97 Å². The Bertz CT molecular complexity index is 550. The molecule has 0 fully saturated rings. The van der Waals surface area contributed by atoms with Crippen LogP contribution in [0.5, 0.6) is 0 Å². The van der Waals surface area contributed by atoms with Gasteiger partial charge in [-0.15, -0.1) is 11.3 Å². The Morgan fingerprint density at radius 2 is 1.90 bits per heavy atom. The summed E-state index contributed by atoms with van der Waals surface area (Å²) in [5.74, 6) is 1.32. The van der Waals surface area contributed by atoms with Gasteiger partial charge in [0.25, 0.3) is 0 Å². The van der Waals surface area contributed by atoms with E-state index in [1.54, 1.807) is 30.2 Å². The first-order valence-electron chi connectivity index (χ1n) is 6.59. The number of thiophene rings is 1. The molecule has 0 saturated carbocycles. The van der Waals surface area contributed by atoms with Crippen molar-refractivity contribution >= 4 is 39.1 Å². The first kappa shape index (κ1) is 16.4. The van der Waals surface area contributed by atoms with E-state index in [1.165, 1.54) is 0 Å². The Hall–Kier alpha value is -0.930. The largest absolute Gasteiger partial charge is 0.383 e. The van der Waals surface area contributed by atoms with Crippen molar-refractivity contribution in [1.29, 1.82) is 0 Å². The van der Waals surface area contributed by atoms with Gasteiger partial charge in [-0.1, -0.05) is 11.8 Å². The average Bonchev–Trinajstić information content (AvgIpc) is 2.94. The van der Waals surface area contributed by atoms with Crippen LogP contribution in [0.15, 0.2) is 16.6 Å². The van der Waals surface area contributed by atoms with Crippen LogP contribution in [-0.4, -0.2) is 55.9 Å². The predicted octanol–water partition coefficient (Wildman–Crippen LogP) is 2.05. The molecule has 0 radical (unpaired) electrons. The first-order chi connectivity index (χ1) is 10.3. The molecule has 0 saturated heterocycles. The summed E-state index contributed by atoms with van der Waals surface area (Å²) in [7, 11) is 1.65. The molecular weight excluding hydrogens is 310 g/mol. The quantitative estimate of drug-likeness (QED) is 0.406. The summed E-state index contributed by atoms with van der Waals surface area (Å²) >= 11 is 3.11. The number of nitrogens with zero attached hydrogens (tertiary/aromatic N) is 2. The van der Waals surface area contributed by atoms with Gasteiger partial charge >= 0.3 is 0 Å². The summed E-state index contributed by atoms with van der Waals surface area (Å²) in [6.07, 6.45) is 0. The molecule has 2 N–H and O–H groups in total. The molecule has 0 spiro atoms. The van der Waals surface area contributed by atoms with E-state index in [0.29, 0.717) is 44.0 Å². The zero-order valence-corrected chi connectivity index (χ0v) is 13.5. The molecular formula is C13H19N3O3S2. The lowest BCUT2D eigenvalue weighted by Crippen LogP contribution is -2.09. The molecule has 0 unspecified atom stereocenters. The summed E-state index contributed by atoms with van der Waals surface area (Å²) in [4.78, 5) is 9.67. The Morgan fingerprint density at radius 3 is 2.71 bits per heavy atom. The molecule has 2 aromatic rings. The lowest BCUT2D eigenvalue weighted by molar-refractivity contribution is 0.0286. The third-order valence-corrected chi connectivity index (χ3v) is 4.21. The number of thioether (sulfide) groups is 1. The number of rotatable bonds is 10. The fourth-order valence-electron chi connectivity index (χ4n) is 1.58. The van der Waals surface area contributed by atoms with Crippen LogP contribution in [0.4, 0.5) is 5.82 Å². The Morgan fingerprint density at radius 1 is 1.14 bits per heavy atom. The van der Waals surface area contributed by atoms with Crippen LogP contribution in [0.2, 0.25) is 0 Å². The minimum atomic E-state index is 0.538. The van der Waals surface area contributed by atoms with Crippen LogP contribution in [0, 0.1) is 0 Å². The summed E-state index contributed by atoms with van der Waals surface area (Å²) < 4.78 is 15.6. The zero-order chi connectivity index (χ0) is 14.9. The maximum Gasteiger partial charge on any atom is 0.190 e. The van der Waals surface area contributed by atoms with Gasteiger partial charge in [-0.05, 0) is 11.4 Å². The highest BCUT2D eigenvalue weighted by atomic mass is 32.2. The molecule has 2 rings (SSSR count). The highest BCUT2D eigenvalue weighted by Gasteiger charge is 2.06. The van der Waals surface area contributed by atoms with Gasteiger partial charge in [0.1, 0.15) is 10.6 Å². The van der Waals surface area contributed by atoms with Crippen molar-refractivity contribution in [3.05, 3.63) is 11.4 Å². The lowest BCUT2D eigenvalue weighted by atomic mass is 10.4. The molecule has 2 aromatic heterocycles. The van der Waals surface area contributed by atoms with Crippen LogP contribution in [0.1, 0.15) is 0 Å². The second-order valence-electron chi connectivity index (χ2n) is 4.10. The zero-order valence-electron chi connectivity index (χ0n) is 11.9. The van der Waals surface area contributed by atoms with E-state index in [4.69, 9.17) is 19.9 Å². The van der Waals surface area contributed by atoms with Gasteiger partial charge in [-0.3, -0.25) is 0 Å². The van der Waals surface area contributed by atoms with Crippen molar-refractivity contribution in [3.63, 3.8) is 0 Å². The van der Waals surface area contributed by atoms with E-state index < -0.39 is 0 Å². The minimum absolute atomic E-state index is 0.538. The van der Waals surface area contributed by atoms with Crippen molar-refractivity contribution in [1.82, 2.24) is 9.97 Å². The molecule has 2 heterocycles. The van der Waals surface area contributed by atoms with Crippen LogP contribution >= 0.6 is 23.1 Å². The molecule has 8 heteroatoms. The molecule has 6 nitrogen and oxygen atoms in total. The Kier molecular flexibility index (Phi) is 7.17. The van der Waals surface area contributed by atoms with E-state index in [1.807, 2.05) is 11.4 Å². The molecule has 0 aliphatic carbocycles. The molecule has 0 aliphatic heterocycles. The minimum Gasteiger partial charge on any atom is -0.383 e. The summed E-state index contributed by atoms with van der Waals surface area (Å²) in [6.45, 7) is 3.00. The SMILES string of the molecule is COCCOCCOCCSc1nc(N)c2ccsc2n1. The number of hydrogen-bond acceptors (Lipinski definition) is 8. The van der Waals surface area contributed by atoms with Gasteiger partial charge in [0.05, 0.1) is 38.4 Å². The van der Waals surface area contributed by atoms with E-state index >= 15 is 0 Å². The van der Waals surface area contributed by atoms with E-state index in [2.05, 4.69) is 9.97 Å². The summed E-state index contributed by atoms with van der Waals surface area (Å²) in [6, 6.07) is 1.94. The topological polar surface area (TPSA) is 79.5 Å². The predicted molar refractivity (Wildman–Crippen MR) is 86.1 cm³/mol. The van der Waals surface area contributed by atoms with Gasteiger partial charge in [-0.2, -0.15) is 0 Å². The number of hydrogen-bond donors (Lipinski definition) is 1. The average molecular weight is 329 g/mol. The van der Waals surface area contributed by atoms with Crippen molar-refractivity contribution in [3.8, 4) is 0 Å². The Labute approximate surface area is 132 Å². The van der Waals surface area contributed by atoms with Crippen molar-refractivity contribution in [2.24, 2.45) is 0 Å². The number of nitrogen functional groups attached to an aromatic ring is 1. The molecule has 21 heavy (non-hydrogen) atoms. The van der Waals surface area contributed by atoms with Crippen molar-refractivity contribution < 1.29 is 14.2 Å². The maximum absolute atomic E-state index is 5.90. The molecule has 116 valence electrons.